The van der Waals surface area contributed by atoms with E-state index in [1.54, 1.807) is 31.2 Å². The minimum Gasteiger partial charge on any atom is -0.481 e. The molecular formula is C14H19ClN2O2. The Kier molecular flexibility index (Phi) is 5.86. The molecule has 0 heterocycles. The quantitative estimate of drug-likeness (QED) is 0.788. The van der Waals surface area contributed by atoms with Crippen molar-refractivity contribution in [1.82, 2.24) is 5.32 Å². The number of benzene rings is 1. The van der Waals surface area contributed by atoms with E-state index in [2.05, 4.69) is 11.9 Å². The predicted octanol–water partition coefficient (Wildman–Crippen LogP) is 2.43. The van der Waals surface area contributed by atoms with Crippen LogP contribution in [0.3, 0.4) is 0 Å². The van der Waals surface area contributed by atoms with Gasteiger partial charge < -0.3 is 15.8 Å². The molecule has 19 heavy (non-hydrogen) atoms. The first-order valence-electron chi connectivity index (χ1n) is 6.06. The van der Waals surface area contributed by atoms with Crippen LogP contribution < -0.4 is 15.8 Å². The molecule has 1 aromatic rings. The Balaban J connectivity index is 2.81. The smallest absolute Gasteiger partial charge is 0.261 e. The maximum Gasteiger partial charge on any atom is 0.261 e. The summed E-state index contributed by atoms with van der Waals surface area (Å²) in [5.41, 5.74) is 6.64. The summed E-state index contributed by atoms with van der Waals surface area (Å²) in [6.45, 7) is 7.46. The van der Waals surface area contributed by atoms with Crippen molar-refractivity contribution < 1.29 is 9.53 Å². The van der Waals surface area contributed by atoms with E-state index in [1.807, 2.05) is 6.92 Å². The van der Waals surface area contributed by atoms with Crippen LogP contribution in [0.4, 0.5) is 0 Å². The Bertz CT molecular complexity index is 461. The molecule has 0 fully saturated rings. The standard InChI is InChI=1S/C14H19ClN2O2/c1-4-7-17-14(18)10(3)19-13-6-5-11(15)8-12(13)9(2)16/h4-6,8-10H,1,7,16H2,2-3H3,(H,17,18)/t9-,10?/m0/s1. The zero-order valence-corrected chi connectivity index (χ0v) is 11.9. The van der Waals surface area contributed by atoms with Crippen LogP contribution in [-0.2, 0) is 4.79 Å². The summed E-state index contributed by atoms with van der Waals surface area (Å²) in [4.78, 5) is 11.7. The molecule has 1 amide bonds. The number of halogens is 1. The number of rotatable bonds is 6. The number of carbonyl (C=O) groups is 1. The highest BCUT2D eigenvalue weighted by Crippen LogP contribution is 2.28. The zero-order valence-electron chi connectivity index (χ0n) is 11.2. The van der Waals surface area contributed by atoms with Crippen LogP contribution in [-0.4, -0.2) is 18.6 Å². The van der Waals surface area contributed by atoms with Gasteiger partial charge in [-0.2, -0.15) is 0 Å². The summed E-state index contributed by atoms with van der Waals surface area (Å²) in [7, 11) is 0. The molecule has 3 N–H and O–H groups in total. The number of hydrogen-bond donors (Lipinski definition) is 2. The molecule has 104 valence electrons. The average molecular weight is 283 g/mol. The van der Waals surface area contributed by atoms with Crippen LogP contribution in [0.5, 0.6) is 5.75 Å². The van der Waals surface area contributed by atoms with Gasteiger partial charge in [0.05, 0.1) is 0 Å². The highest BCUT2D eigenvalue weighted by atomic mass is 35.5. The second kappa shape index (κ2) is 7.16. The van der Waals surface area contributed by atoms with Gasteiger partial charge in [-0.25, -0.2) is 0 Å². The van der Waals surface area contributed by atoms with Crippen molar-refractivity contribution in [2.75, 3.05) is 6.54 Å². The Morgan fingerprint density at radius 3 is 2.84 bits per heavy atom. The summed E-state index contributed by atoms with van der Waals surface area (Å²) in [6.07, 6.45) is 0.999. The summed E-state index contributed by atoms with van der Waals surface area (Å²) in [6, 6.07) is 4.95. The molecule has 0 saturated heterocycles. The molecule has 0 aromatic heterocycles. The first-order chi connectivity index (χ1) is 8.95. The predicted molar refractivity (Wildman–Crippen MR) is 77.4 cm³/mol. The third kappa shape index (κ3) is 4.58. The van der Waals surface area contributed by atoms with Gasteiger partial charge in [0.25, 0.3) is 5.91 Å². The lowest BCUT2D eigenvalue weighted by Gasteiger charge is -2.18. The minimum absolute atomic E-state index is 0.203. The second-order valence-corrected chi connectivity index (χ2v) is 4.70. The number of amides is 1. The fourth-order valence-electron chi connectivity index (χ4n) is 1.54. The van der Waals surface area contributed by atoms with Gasteiger partial charge in [0, 0.05) is 23.2 Å². The highest BCUT2D eigenvalue weighted by molar-refractivity contribution is 6.30. The van der Waals surface area contributed by atoms with Gasteiger partial charge in [0.1, 0.15) is 5.75 Å². The van der Waals surface area contributed by atoms with Crippen LogP contribution in [0.1, 0.15) is 25.5 Å². The van der Waals surface area contributed by atoms with Crippen molar-refractivity contribution >= 4 is 17.5 Å². The van der Waals surface area contributed by atoms with Crippen molar-refractivity contribution in [3.05, 3.63) is 41.4 Å². The van der Waals surface area contributed by atoms with Gasteiger partial charge >= 0.3 is 0 Å². The van der Waals surface area contributed by atoms with E-state index in [9.17, 15) is 4.79 Å². The van der Waals surface area contributed by atoms with Crippen molar-refractivity contribution in [3.8, 4) is 5.75 Å². The molecule has 0 saturated carbocycles. The fraction of sp³-hybridized carbons (Fsp3) is 0.357. The molecule has 0 spiro atoms. The maximum absolute atomic E-state index is 11.7. The van der Waals surface area contributed by atoms with E-state index in [1.165, 1.54) is 0 Å². The maximum atomic E-state index is 11.7. The van der Waals surface area contributed by atoms with Crippen molar-refractivity contribution in [2.24, 2.45) is 5.73 Å². The number of ether oxygens (including phenoxy) is 1. The molecule has 0 aliphatic rings. The lowest BCUT2D eigenvalue weighted by molar-refractivity contribution is -0.127. The SMILES string of the molecule is C=CCNC(=O)C(C)Oc1ccc(Cl)cc1[C@H](C)N. The normalized spacial score (nSPS) is 13.5. The molecule has 5 heteroatoms. The van der Waals surface area contributed by atoms with E-state index in [-0.39, 0.29) is 11.9 Å². The second-order valence-electron chi connectivity index (χ2n) is 4.26. The lowest BCUT2D eigenvalue weighted by atomic mass is 10.1. The first kappa shape index (κ1) is 15.5. The monoisotopic (exact) mass is 282 g/mol. The highest BCUT2D eigenvalue weighted by Gasteiger charge is 2.17. The van der Waals surface area contributed by atoms with Gasteiger partial charge in [-0.1, -0.05) is 17.7 Å². The van der Waals surface area contributed by atoms with E-state index >= 15 is 0 Å². The molecule has 4 nitrogen and oxygen atoms in total. The molecule has 0 aliphatic carbocycles. The van der Waals surface area contributed by atoms with Crippen LogP contribution in [0, 0.1) is 0 Å². The molecule has 0 bridgehead atoms. The van der Waals surface area contributed by atoms with Crippen molar-refractivity contribution in [3.63, 3.8) is 0 Å². The van der Waals surface area contributed by atoms with E-state index < -0.39 is 6.10 Å². The Labute approximate surface area is 118 Å². The first-order valence-corrected chi connectivity index (χ1v) is 6.43. The van der Waals surface area contributed by atoms with E-state index in [0.29, 0.717) is 17.3 Å². The molecule has 2 atom stereocenters. The lowest BCUT2D eigenvalue weighted by Crippen LogP contribution is -2.36. The summed E-state index contributed by atoms with van der Waals surface area (Å²) in [5, 5.41) is 3.26. The number of nitrogens with one attached hydrogen (secondary N) is 1. The summed E-state index contributed by atoms with van der Waals surface area (Å²) in [5.74, 6) is 0.367. The zero-order chi connectivity index (χ0) is 14.4. The Morgan fingerprint density at radius 1 is 1.58 bits per heavy atom. The summed E-state index contributed by atoms with van der Waals surface area (Å²) < 4.78 is 5.64. The molecule has 0 radical (unpaired) electrons. The van der Waals surface area contributed by atoms with E-state index in [4.69, 9.17) is 22.1 Å². The Hall–Kier alpha value is -1.52. The van der Waals surface area contributed by atoms with Gasteiger partial charge in [-0.3, -0.25) is 4.79 Å². The number of nitrogens with two attached hydrogens (primary N) is 1. The molecule has 0 aliphatic heterocycles. The van der Waals surface area contributed by atoms with Crippen LogP contribution >= 0.6 is 11.6 Å². The Morgan fingerprint density at radius 2 is 2.26 bits per heavy atom. The topological polar surface area (TPSA) is 64.3 Å². The fourth-order valence-corrected chi connectivity index (χ4v) is 1.72. The third-order valence-corrected chi connectivity index (χ3v) is 2.79. The van der Waals surface area contributed by atoms with Crippen molar-refractivity contribution in [2.45, 2.75) is 26.0 Å². The average Bonchev–Trinajstić information content (AvgIpc) is 2.37. The van der Waals surface area contributed by atoms with Crippen LogP contribution in [0.25, 0.3) is 0 Å². The summed E-state index contributed by atoms with van der Waals surface area (Å²) >= 11 is 5.93. The largest absolute Gasteiger partial charge is 0.481 e. The number of hydrogen-bond acceptors (Lipinski definition) is 3. The van der Waals surface area contributed by atoms with Gasteiger partial charge in [-0.05, 0) is 32.0 Å². The molecule has 1 rings (SSSR count). The van der Waals surface area contributed by atoms with Crippen LogP contribution in [0.2, 0.25) is 5.02 Å². The van der Waals surface area contributed by atoms with Gasteiger partial charge in [0.15, 0.2) is 6.10 Å². The number of carbonyl (C=O) groups excluding carboxylic acids is 1. The van der Waals surface area contributed by atoms with Crippen molar-refractivity contribution in [1.29, 1.82) is 0 Å². The molecular weight excluding hydrogens is 264 g/mol. The molecule has 1 aromatic carbocycles. The third-order valence-electron chi connectivity index (χ3n) is 2.56. The van der Waals surface area contributed by atoms with Gasteiger partial charge in [0.2, 0.25) is 0 Å². The van der Waals surface area contributed by atoms with Crippen LogP contribution in [0.15, 0.2) is 30.9 Å². The minimum atomic E-state index is -0.612. The van der Waals surface area contributed by atoms with Gasteiger partial charge in [-0.15, -0.1) is 6.58 Å². The van der Waals surface area contributed by atoms with E-state index in [0.717, 1.165) is 5.56 Å². The molecule has 1 unspecified atom stereocenters.